The summed E-state index contributed by atoms with van der Waals surface area (Å²) < 4.78 is 38.7. The highest BCUT2D eigenvalue weighted by Crippen LogP contribution is 2.47. The Hall–Kier alpha value is -3.58. The second kappa shape index (κ2) is 26.4. The fourth-order valence-electron chi connectivity index (χ4n) is 7.33. The Balaban J connectivity index is 1.90. The third-order valence-electron chi connectivity index (χ3n) is 10.7. The number of aliphatic hydroxyl groups excluding tert-OH is 1. The van der Waals surface area contributed by atoms with Gasteiger partial charge in [-0.2, -0.15) is 0 Å². The number of fused-ring (bicyclic) bond motifs is 6. The van der Waals surface area contributed by atoms with Gasteiger partial charge in [0.15, 0.2) is 34.5 Å². The van der Waals surface area contributed by atoms with E-state index in [-0.39, 0.29) is 6.61 Å². The molecule has 0 heterocycles. The third-order valence-corrected chi connectivity index (χ3v) is 10.7. The fourth-order valence-corrected chi connectivity index (χ4v) is 7.33. The zero-order valence-electron chi connectivity index (χ0n) is 35.7. The number of hydrogen-bond donors (Lipinski definition) is 1. The summed E-state index contributed by atoms with van der Waals surface area (Å²) in [6.45, 7) is 12.4. The van der Waals surface area contributed by atoms with Crippen LogP contribution in [-0.4, -0.2) is 51.9 Å². The maximum absolute atomic E-state index is 9.22. The van der Waals surface area contributed by atoms with Gasteiger partial charge < -0.3 is 33.5 Å². The van der Waals surface area contributed by atoms with E-state index in [0.717, 1.165) is 138 Å². The maximum atomic E-state index is 9.22. The number of unbranched alkanes of at least 4 members (excludes halogenated alkanes) is 15. The van der Waals surface area contributed by atoms with E-state index >= 15 is 0 Å². The normalized spacial score (nSPS) is 11.5. The Bertz CT molecular complexity index is 1700. The molecule has 7 heteroatoms. The summed E-state index contributed by atoms with van der Waals surface area (Å²) >= 11 is 0. The lowest BCUT2D eigenvalue weighted by molar-refractivity contribution is 0.259. The fraction of sp³-hybridized carbons (Fsp3) is 0.633. The summed E-state index contributed by atoms with van der Waals surface area (Å²) in [6.07, 6.45) is 22.0. The first-order valence-corrected chi connectivity index (χ1v) is 22.4. The van der Waals surface area contributed by atoms with Crippen molar-refractivity contribution in [3.05, 3.63) is 36.4 Å². The molecule has 56 heavy (non-hydrogen) atoms. The molecule has 4 aromatic rings. The smallest absolute Gasteiger partial charge is 0.161 e. The molecule has 0 fully saturated rings. The van der Waals surface area contributed by atoms with Gasteiger partial charge in [-0.25, -0.2) is 0 Å². The van der Waals surface area contributed by atoms with Crippen molar-refractivity contribution in [2.45, 2.75) is 156 Å². The van der Waals surface area contributed by atoms with Crippen LogP contribution in [0.2, 0.25) is 0 Å². The molecule has 4 aromatic carbocycles. The SMILES string of the molecule is CCCCCCOc1cc2c3cc(OC)c(OCCCCCCO)cc3c3cc(OCCCCCC)c(OCCCCCC)cc3c2cc1OCCCCCC. The van der Waals surface area contributed by atoms with Crippen LogP contribution in [0.1, 0.15) is 156 Å². The van der Waals surface area contributed by atoms with E-state index in [9.17, 15) is 5.11 Å². The Morgan fingerprint density at radius 1 is 0.321 bits per heavy atom. The molecule has 0 bridgehead atoms. The molecular weight excluding hydrogens is 701 g/mol. The van der Waals surface area contributed by atoms with Crippen molar-refractivity contribution in [1.29, 1.82) is 0 Å². The van der Waals surface area contributed by atoms with Crippen LogP contribution >= 0.6 is 0 Å². The van der Waals surface area contributed by atoms with Gasteiger partial charge in [0.05, 0.1) is 40.1 Å². The lowest BCUT2D eigenvalue weighted by Crippen LogP contribution is -2.04. The van der Waals surface area contributed by atoms with Crippen LogP contribution in [-0.2, 0) is 0 Å². The van der Waals surface area contributed by atoms with Crippen LogP contribution < -0.4 is 28.4 Å². The van der Waals surface area contributed by atoms with Gasteiger partial charge in [0, 0.05) is 6.61 Å². The largest absolute Gasteiger partial charge is 0.493 e. The van der Waals surface area contributed by atoms with Gasteiger partial charge in [0.1, 0.15) is 0 Å². The Morgan fingerprint density at radius 3 is 0.804 bits per heavy atom. The molecule has 0 atom stereocenters. The van der Waals surface area contributed by atoms with Crippen LogP contribution in [0.25, 0.3) is 32.3 Å². The number of ether oxygens (including phenoxy) is 6. The standard InChI is InChI=1S/C49H74O7/c1-6-10-14-21-27-53-46-34-40-38-32-44(51-5)45(52-31-25-19-18-20-26-50)33-39(38)41-35-47(54-28-22-15-11-7-2)49(56-30-24-17-13-9-4)37-43(41)42(40)36-48(46)55-29-23-16-12-8-3/h32-37,50H,6-31H2,1-5H3. The van der Waals surface area contributed by atoms with Crippen molar-refractivity contribution in [2.75, 3.05) is 46.8 Å². The van der Waals surface area contributed by atoms with Gasteiger partial charge in [-0.3, -0.25) is 0 Å². The summed E-state index contributed by atoms with van der Waals surface area (Å²) in [7, 11) is 1.71. The first-order valence-electron chi connectivity index (χ1n) is 22.4. The first-order chi connectivity index (χ1) is 27.6. The van der Waals surface area contributed by atoms with E-state index in [0.29, 0.717) is 38.8 Å². The molecule has 0 spiro atoms. The van der Waals surface area contributed by atoms with E-state index < -0.39 is 0 Å². The summed E-state index contributed by atoms with van der Waals surface area (Å²) in [5.74, 6) is 4.57. The summed E-state index contributed by atoms with van der Waals surface area (Å²) in [6, 6.07) is 13.0. The molecule has 0 aromatic heterocycles. The van der Waals surface area contributed by atoms with E-state index in [2.05, 4.69) is 64.1 Å². The Morgan fingerprint density at radius 2 is 0.554 bits per heavy atom. The minimum absolute atomic E-state index is 0.231. The molecule has 0 aliphatic carbocycles. The van der Waals surface area contributed by atoms with Crippen molar-refractivity contribution in [1.82, 2.24) is 0 Å². The molecule has 1 N–H and O–H groups in total. The number of aliphatic hydroxyl groups is 1. The summed E-state index contributed by atoms with van der Waals surface area (Å²) in [4.78, 5) is 0. The predicted molar refractivity (Wildman–Crippen MR) is 235 cm³/mol. The van der Waals surface area contributed by atoms with Crippen LogP contribution in [0, 0.1) is 0 Å². The van der Waals surface area contributed by atoms with E-state index in [1.807, 2.05) is 0 Å². The van der Waals surface area contributed by atoms with Gasteiger partial charge in [0.25, 0.3) is 0 Å². The highest BCUT2D eigenvalue weighted by Gasteiger charge is 2.20. The Labute approximate surface area is 338 Å². The lowest BCUT2D eigenvalue weighted by Gasteiger charge is -2.20. The average molecular weight is 775 g/mol. The summed E-state index contributed by atoms with van der Waals surface area (Å²) in [5, 5.41) is 15.7. The van der Waals surface area contributed by atoms with Gasteiger partial charge in [-0.05, 0) is 114 Å². The molecule has 0 amide bonds. The van der Waals surface area contributed by atoms with Gasteiger partial charge in [-0.15, -0.1) is 0 Å². The topological polar surface area (TPSA) is 75.6 Å². The molecule has 0 saturated carbocycles. The second-order valence-corrected chi connectivity index (χ2v) is 15.4. The molecule has 0 unspecified atom stereocenters. The highest BCUT2D eigenvalue weighted by atomic mass is 16.5. The number of methoxy groups -OCH3 is 1. The Kier molecular flexibility index (Phi) is 21.2. The first kappa shape index (κ1) is 45.1. The molecule has 0 radical (unpaired) electrons. The molecule has 0 aliphatic rings. The molecular formula is C49H74O7. The summed E-state index contributed by atoms with van der Waals surface area (Å²) in [5.41, 5.74) is 0. The van der Waals surface area contributed by atoms with E-state index in [1.165, 1.54) is 51.4 Å². The van der Waals surface area contributed by atoms with Crippen LogP contribution in [0.3, 0.4) is 0 Å². The quantitative estimate of drug-likeness (QED) is 0.0391. The average Bonchev–Trinajstić information content (AvgIpc) is 3.21. The molecule has 7 nitrogen and oxygen atoms in total. The predicted octanol–water partition coefficient (Wildman–Crippen LogP) is 13.9. The van der Waals surface area contributed by atoms with Gasteiger partial charge >= 0.3 is 0 Å². The van der Waals surface area contributed by atoms with Crippen molar-refractivity contribution in [3.63, 3.8) is 0 Å². The molecule has 312 valence electrons. The van der Waals surface area contributed by atoms with Gasteiger partial charge in [-0.1, -0.05) is 111 Å². The van der Waals surface area contributed by atoms with E-state index in [4.69, 9.17) is 28.4 Å². The number of benzene rings is 4. The van der Waals surface area contributed by atoms with Crippen LogP contribution in [0.4, 0.5) is 0 Å². The monoisotopic (exact) mass is 775 g/mol. The van der Waals surface area contributed by atoms with Crippen molar-refractivity contribution in [2.24, 2.45) is 0 Å². The minimum atomic E-state index is 0.231. The zero-order valence-corrected chi connectivity index (χ0v) is 35.7. The highest BCUT2D eigenvalue weighted by molar-refractivity contribution is 6.26. The molecule has 0 saturated heterocycles. The third kappa shape index (κ3) is 13.8. The van der Waals surface area contributed by atoms with Crippen LogP contribution in [0.5, 0.6) is 34.5 Å². The maximum Gasteiger partial charge on any atom is 0.161 e. The number of rotatable bonds is 32. The van der Waals surface area contributed by atoms with E-state index in [1.54, 1.807) is 7.11 Å². The number of hydrogen-bond acceptors (Lipinski definition) is 7. The van der Waals surface area contributed by atoms with Crippen molar-refractivity contribution in [3.8, 4) is 34.5 Å². The van der Waals surface area contributed by atoms with Crippen molar-refractivity contribution >= 4 is 32.3 Å². The minimum Gasteiger partial charge on any atom is -0.493 e. The van der Waals surface area contributed by atoms with Gasteiger partial charge in [0.2, 0.25) is 0 Å². The zero-order chi connectivity index (χ0) is 39.8. The van der Waals surface area contributed by atoms with Crippen molar-refractivity contribution < 1.29 is 33.5 Å². The molecule has 0 aliphatic heterocycles. The van der Waals surface area contributed by atoms with Crippen LogP contribution in [0.15, 0.2) is 36.4 Å². The second-order valence-electron chi connectivity index (χ2n) is 15.4. The lowest BCUT2D eigenvalue weighted by atomic mass is 9.93. The molecule has 4 rings (SSSR count).